The number of ether oxygens (including phenoxy) is 1. The van der Waals surface area contributed by atoms with Crippen LogP contribution < -0.4 is 5.32 Å². The molecule has 0 saturated carbocycles. The van der Waals surface area contributed by atoms with Gasteiger partial charge in [0.15, 0.2) is 12.4 Å². The number of amides is 1. The Kier molecular flexibility index (Phi) is 5.69. The van der Waals surface area contributed by atoms with Crippen LogP contribution in [0, 0.1) is 6.92 Å². The molecule has 0 aliphatic rings. The molecule has 1 aromatic carbocycles. The van der Waals surface area contributed by atoms with Gasteiger partial charge >= 0.3 is 12.1 Å². The smallest absolute Gasteiger partial charge is 0.416 e. The van der Waals surface area contributed by atoms with E-state index < -0.39 is 30.2 Å². The average molecular weight is 370 g/mol. The minimum absolute atomic E-state index is 0.0975. The number of anilines is 1. The molecule has 1 amide bonds. The van der Waals surface area contributed by atoms with Crippen LogP contribution in [0.5, 0.6) is 0 Å². The lowest BCUT2D eigenvalue weighted by atomic mass is 10.1. The molecule has 0 radical (unpaired) electrons. The van der Waals surface area contributed by atoms with E-state index in [9.17, 15) is 22.8 Å². The van der Waals surface area contributed by atoms with Gasteiger partial charge in [-0.25, -0.2) is 4.79 Å². The standard InChI is InChI=1S/C17H17F3N2O4/c1-9(2)15-14(10(3)22-26-15)16(24)25-8-13(23)21-12-6-4-11(5-7-12)17(18,19)20/h4-7,9H,8H2,1-3H3,(H,21,23). The van der Waals surface area contributed by atoms with Crippen molar-refractivity contribution < 1.29 is 32.0 Å². The van der Waals surface area contributed by atoms with Gasteiger partial charge in [-0.1, -0.05) is 19.0 Å². The van der Waals surface area contributed by atoms with Crippen LogP contribution in [0.15, 0.2) is 28.8 Å². The number of benzene rings is 1. The van der Waals surface area contributed by atoms with Crippen LogP contribution in [-0.2, 0) is 15.7 Å². The summed E-state index contributed by atoms with van der Waals surface area (Å²) in [6, 6.07) is 3.92. The van der Waals surface area contributed by atoms with Crippen molar-refractivity contribution in [2.45, 2.75) is 32.9 Å². The summed E-state index contributed by atoms with van der Waals surface area (Å²) >= 11 is 0. The predicted molar refractivity (Wildman–Crippen MR) is 85.7 cm³/mol. The second-order valence-corrected chi connectivity index (χ2v) is 5.86. The number of nitrogens with one attached hydrogen (secondary N) is 1. The van der Waals surface area contributed by atoms with E-state index >= 15 is 0 Å². The fourth-order valence-electron chi connectivity index (χ4n) is 2.17. The van der Waals surface area contributed by atoms with Crippen molar-refractivity contribution in [3.05, 3.63) is 46.8 Å². The highest BCUT2D eigenvalue weighted by Gasteiger charge is 2.30. The second-order valence-electron chi connectivity index (χ2n) is 5.86. The van der Waals surface area contributed by atoms with Crippen molar-refractivity contribution in [1.82, 2.24) is 5.16 Å². The van der Waals surface area contributed by atoms with Crippen LogP contribution in [0.4, 0.5) is 18.9 Å². The Bertz CT molecular complexity index is 795. The highest BCUT2D eigenvalue weighted by atomic mass is 19.4. The number of alkyl halides is 3. The molecule has 0 saturated heterocycles. The Balaban J connectivity index is 1.95. The third-order valence-corrected chi connectivity index (χ3v) is 3.45. The molecule has 26 heavy (non-hydrogen) atoms. The molecule has 0 aliphatic heterocycles. The molecule has 0 unspecified atom stereocenters. The SMILES string of the molecule is Cc1noc(C(C)C)c1C(=O)OCC(=O)Nc1ccc(C(F)(F)F)cc1. The fraction of sp³-hybridized carbons (Fsp3) is 0.353. The van der Waals surface area contributed by atoms with E-state index in [1.54, 1.807) is 6.92 Å². The first-order chi connectivity index (χ1) is 12.1. The van der Waals surface area contributed by atoms with Gasteiger partial charge in [0.05, 0.1) is 11.3 Å². The van der Waals surface area contributed by atoms with Crippen LogP contribution in [0.25, 0.3) is 0 Å². The monoisotopic (exact) mass is 370 g/mol. The molecule has 2 aromatic rings. The van der Waals surface area contributed by atoms with E-state index in [1.807, 2.05) is 13.8 Å². The first-order valence-electron chi connectivity index (χ1n) is 7.70. The van der Waals surface area contributed by atoms with Gasteiger partial charge in [0.2, 0.25) is 0 Å². The van der Waals surface area contributed by atoms with Crippen LogP contribution in [0.2, 0.25) is 0 Å². The lowest BCUT2D eigenvalue weighted by Gasteiger charge is -2.09. The van der Waals surface area contributed by atoms with Crippen molar-refractivity contribution in [3.63, 3.8) is 0 Å². The summed E-state index contributed by atoms with van der Waals surface area (Å²) in [5, 5.41) is 6.06. The summed E-state index contributed by atoms with van der Waals surface area (Å²) in [7, 11) is 0. The molecule has 9 heteroatoms. The maximum Gasteiger partial charge on any atom is 0.416 e. The van der Waals surface area contributed by atoms with Gasteiger partial charge in [0.25, 0.3) is 5.91 Å². The van der Waals surface area contributed by atoms with E-state index in [-0.39, 0.29) is 17.2 Å². The van der Waals surface area contributed by atoms with Gasteiger partial charge in [0, 0.05) is 11.6 Å². The normalized spacial score (nSPS) is 11.5. The molecule has 2 rings (SSSR count). The molecule has 6 nitrogen and oxygen atoms in total. The first-order valence-corrected chi connectivity index (χ1v) is 7.70. The number of rotatable bonds is 5. The number of aryl methyl sites for hydroxylation is 1. The van der Waals surface area contributed by atoms with Crippen LogP contribution >= 0.6 is 0 Å². The number of hydrogen-bond donors (Lipinski definition) is 1. The minimum atomic E-state index is -4.46. The summed E-state index contributed by atoms with van der Waals surface area (Å²) in [5.41, 5.74) is -0.154. The van der Waals surface area contributed by atoms with Gasteiger partial charge in [-0.3, -0.25) is 4.79 Å². The molecular formula is C17H17F3N2O4. The molecule has 0 spiro atoms. The number of aromatic nitrogens is 1. The van der Waals surface area contributed by atoms with Crippen molar-refractivity contribution in [2.24, 2.45) is 0 Å². The van der Waals surface area contributed by atoms with Gasteiger partial charge < -0.3 is 14.6 Å². The zero-order chi connectivity index (χ0) is 19.5. The van der Waals surface area contributed by atoms with E-state index in [4.69, 9.17) is 9.26 Å². The van der Waals surface area contributed by atoms with E-state index in [1.165, 1.54) is 0 Å². The summed E-state index contributed by atoms with van der Waals surface area (Å²) < 4.78 is 47.5. The molecule has 1 aromatic heterocycles. The summed E-state index contributed by atoms with van der Waals surface area (Å²) in [6.45, 7) is 4.61. The second kappa shape index (κ2) is 7.59. The highest BCUT2D eigenvalue weighted by Crippen LogP contribution is 2.29. The fourth-order valence-corrected chi connectivity index (χ4v) is 2.17. The molecular weight excluding hydrogens is 353 g/mol. The molecule has 0 aliphatic carbocycles. The Morgan fingerprint density at radius 3 is 2.38 bits per heavy atom. The zero-order valence-corrected chi connectivity index (χ0v) is 14.3. The topological polar surface area (TPSA) is 81.4 Å². The quantitative estimate of drug-likeness (QED) is 0.807. The van der Waals surface area contributed by atoms with Gasteiger partial charge in [-0.15, -0.1) is 0 Å². The van der Waals surface area contributed by atoms with Gasteiger partial charge in [-0.05, 0) is 31.2 Å². The summed E-state index contributed by atoms with van der Waals surface area (Å²) in [6.07, 6.45) is -4.46. The lowest BCUT2D eigenvalue weighted by Crippen LogP contribution is -2.21. The molecule has 0 bridgehead atoms. The van der Waals surface area contributed by atoms with E-state index in [0.29, 0.717) is 11.5 Å². The van der Waals surface area contributed by atoms with E-state index in [0.717, 1.165) is 24.3 Å². The highest BCUT2D eigenvalue weighted by molar-refractivity contribution is 5.96. The lowest BCUT2D eigenvalue weighted by molar-refractivity contribution is -0.137. The third-order valence-electron chi connectivity index (χ3n) is 3.45. The maximum atomic E-state index is 12.5. The predicted octanol–water partition coefficient (Wildman–Crippen LogP) is 3.92. The number of hydrogen-bond acceptors (Lipinski definition) is 5. The Hall–Kier alpha value is -2.84. The molecule has 0 atom stereocenters. The molecule has 1 heterocycles. The molecule has 0 fully saturated rings. The van der Waals surface area contributed by atoms with Gasteiger partial charge in [0.1, 0.15) is 5.56 Å². The number of halogens is 3. The Morgan fingerprint density at radius 2 is 1.85 bits per heavy atom. The Labute approximate surface area is 147 Å². The number of esters is 1. The van der Waals surface area contributed by atoms with Crippen LogP contribution in [0.3, 0.4) is 0 Å². The first kappa shape index (κ1) is 19.5. The van der Waals surface area contributed by atoms with Crippen LogP contribution in [-0.4, -0.2) is 23.6 Å². The zero-order valence-electron chi connectivity index (χ0n) is 14.3. The van der Waals surface area contributed by atoms with Crippen molar-refractivity contribution >= 4 is 17.6 Å². The van der Waals surface area contributed by atoms with Crippen LogP contribution in [0.1, 0.15) is 47.1 Å². The number of nitrogens with zero attached hydrogens (tertiary/aromatic N) is 1. The molecule has 1 N–H and O–H groups in total. The Morgan fingerprint density at radius 1 is 1.23 bits per heavy atom. The van der Waals surface area contributed by atoms with Crippen molar-refractivity contribution in [1.29, 1.82) is 0 Å². The molecule has 140 valence electrons. The largest absolute Gasteiger partial charge is 0.452 e. The van der Waals surface area contributed by atoms with Gasteiger partial charge in [-0.2, -0.15) is 13.2 Å². The summed E-state index contributed by atoms with van der Waals surface area (Å²) in [4.78, 5) is 24.0. The van der Waals surface area contributed by atoms with Crippen molar-refractivity contribution in [2.75, 3.05) is 11.9 Å². The average Bonchev–Trinajstić information content (AvgIpc) is 2.94. The maximum absolute atomic E-state index is 12.5. The number of carbonyl (C=O) groups excluding carboxylic acids is 2. The summed E-state index contributed by atoms with van der Waals surface area (Å²) in [5.74, 6) is -1.18. The number of carbonyl (C=O) groups is 2. The third kappa shape index (κ3) is 4.62. The van der Waals surface area contributed by atoms with Crippen molar-refractivity contribution in [3.8, 4) is 0 Å². The minimum Gasteiger partial charge on any atom is -0.452 e. The van der Waals surface area contributed by atoms with E-state index in [2.05, 4.69) is 10.5 Å².